The lowest BCUT2D eigenvalue weighted by atomic mass is 10.1. The second-order valence-corrected chi connectivity index (χ2v) is 6.33. The van der Waals surface area contributed by atoms with E-state index in [4.69, 9.17) is 11.5 Å². The quantitative estimate of drug-likeness (QED) is 0.761. The second kappa shape index (κ2) is 4.88. The number of benzene rings is 2. The van der Waals surface area contributed by atoms with Gasteiger partial charge in [-0.2, -0.15) is 0 Å². The molecule has 0 aromatic heterocycles. The van der Waals surface area contributed by atoms with E-state index in [1.807, 2.05) is 24.3 Å². The minimum atomic E-state index is -0.647. The molecule has 2 amide bonds. The molecule has 0 saturated heterocycles. The fraction of sp³-hybridized carbons (Fsp3) is 0. The Kier molecular flexibility index (Phi) is 3.19. The maximum atomic E-state index is 11.7. The molecule has 4 N–H and O–H groups in total. The highest BCUT2D eigenvalue weighted by Gasteiger charge is 2.25. The summed E-state index contributed by atoms with van der Waals surface area (Å²) in [6, 6.07) is 11.2. The van der Waals surface area contributed by atoms with Crippen molar-refractivity contribution in [1.29, 1.82) is 0 Å². The van der Waals surface area contributed by atoms with Gasteiger partial charge in [-0.3, -0.25) is 9.59 Å². The Hall–Kier alpha value is -1.92. The topological polar surface area (TPSA) is 86.2 Å². The zero-order valence-electron chi connectivity index (χ0n) is 10.3. The Morgan fingerprint density at radius 3 is 2.05 bits per heavy atom. The number of amides is 2. The molecule has 1 heterocycles. The minimum absolute atomic E-state index is 0.170. The molecule has 3 rings (SSSR count). The zero-order valence-corrected chi connectivity index (χ0v) is 11.9. The van der Waals surface area contributed by atoms with Crippen LogP contribution >= 0.6 is 23.5 Å². The van der Waals surface area contributed by atoms with Crippen LogP contribution in [-0.4, -0.2) is 11.8 Å². The SMILES string of the molecule is NC(=O)c1ccc2c(c1C(N)=O)Sc1ccccc1S2. The molecule has 6 heteroatoms. The number of rotatable bonds is 2. The van der Waals surface area contributed by atoms with Gasteiger partial charge in [-0.1, -0.05) is 35.7 Å². The van der Waals surface area contributed by atoms with Gasteiger partial charge < -0.3 is 11.5 Å². The summed E-state index contributed by atoms with van der Waals surface area (Å²) < 4.78 is 0. The molecule has 1 aliphatic rings. The molecular formula is C14H10N2O2S2. The average Bonchev–Trinajstić information content (AvgIpc) is 2.43. The van der Waals surface area contributed by atoms with Crippen molar-refractivity contribution in [2.75, 3.05) is 0 Å². The molecule has 0 unspecified atom stereocenters. The largest absolute Gasteiger partial charge is 0.366 e. The van der Waals surface area contributed by atoms with Crippen LogP contribution in [0.15, 0.2) is 56.0 Å². The first-order chi connectivity index (χ1) is 9.58. The summed E-state index contributed by atoms with van der Waals surface area (Å²) in [5.41, 5.74) is 11.1. The lowest BCUT2D eigenvalue weighted by molar-refractivity contribution is 0.0964. The molecule has 0 aliphatic carbocycles. The Balaban J connectivity index is 2.21. The third-order valence-electron chi connectivity index (χ3n) is 2.91. The van der Waals surface area contributed by atoms with Crippen LogP contribution in [0.2, 0.25) is 0 Å². The summed E-state index contributed by atoms with van der Waals surface area (Å²) in [6.45, 7) is 0. The van der Waals surface area contributed by atoms with Crippen molar-refractivity contribution in [3.05, 3.63) is 47.5 Å². The van der Waals surface area contributed by atoms with Crippen LogP contribution in [-0.2, 0) is 0 Å². The molecule has 0 fully saturated rings. The number of nitrogens with two attached hydrogens (primary N) is 2. The van der Waals surface area contributed by atoms with Crippen LogP contribution < -0.4 is 11.5 Å². The first kappa shape index (κ1) is 13.1. The molecule has 2 aromatic carbocycles. The van der Waals surface area contributed by atoms with Crippen molar-refractivity contribution >= 4 is 35.3 Å². The van der Waals surface area contributed by atoms with Crippen LogP contribution in [0.3, 0.4) is 0 Å². The highest BCUT2D eigenvalue weighted by molar-refractivity contribution is 8.05. The highest BCUT2D eigenvalue weighted by atomic mass is 32.2. The van der Waals surface area contributed by atoms with E-state index in [0.29, 0.717) is 4.90 Å². The maximum absolute atomic E-state index is 11.7. The summed E-state index contributed by atoms with van der Waals surface area (Å²) >= 11 is 2.99. The molecule has 0 atom stereocenters. The molecule has 4 nitrogen and oxygen atoms in total. The minimum Gasteiger partial charge on any atom is -0.366 e. The predicted molar refractivity (Wildman–Crippen MR) is 78.2 cm³/mol. The molecule has 0 radical (unpaired) electrons. The van der Waals surface area contributed by atoms with Crippen molar-refractivity contribution in [3.8, 4) is 0 Å². The first-order valence-electron chi connectivity index (χ1n) is 5.79. The molecule has 20 heavy (non-hydrogen) atoms. The van der Waals surface area contributed by atoms with Gasteiger partial charge in [-0.25, -0.2) is 0 Å². The Morgan fingerprint density at radius 1 is 0.800 bits per heavy atom. The van der Waals surface area contributed by atoms with Gasteiger partial charge in [0.2, 0.25) is 5.91 Å². The number of carbonyl (C=O) groups excluding carboxylic acids is 2. The third-order valence-corrected chi connectivity index (χ3v) is 5.51. The van der Waals surface area contributed by atoms with E-state index in [0.717, 1.165) is 14.7 Å². The highest BCUT2D eigenvalue weighted by Crippen LogP contribution is 2.49. The predicted octanol–water partition coefficient (Wildman–Crippen LogP) is 2.50. The van der Waals surface area contributed by atoms with Crippen LogP contribution in [0.4, 0.5) is 0 Å². The monoisotopic (exact) mass is 302 g/mol. The van der Waals surface area contributed by atoms with Crippen molar-refractivity contribution in [2.45, 2.75) is 19.6 Å². The van der Waals surface area contributed by atoms with Gasteiger partial charge in [0.1, 0.15) is 0 Å². The van der Waals surface area contributed by atoms with Gasteiger partial charge in [-0.05, 0) is 24.3 Å². The van der Waals surface area contributed by atoms with Gasteiger partial charge in [0.05, 0.1) is 11.1 Å². The lowest BCUT2D eigenvalue weighted by Crippen LogP contribution is -2.22. The van der Waals surface area contributed by atoms with E-state index in [2.05, 4.69) is 0 Å². The van der Waals surface area contributed by atoms with E-state index in [1.165, 1.54) is 11.8 Å². The van der Waals surface area contributed by atoms with E-state index >= 15 is 0 Å². The second-order valence-electron chi connectivity index (χ2n) is 4.19. The fourth-order valence-corrected chi connectivity index (χ4v) is 4.44. The standard InChI is InChI=1S/C14H10N2O2S2/c15-13(17)7-5-6-10-12(11(7)14(16)18)20-9-4-2-1-3-8(9)19-10/h1-6H,(H2,15,17)(H2,16,18). The maximum Gasteiger partial charge on any atom is 0.250 e. The summed E-state index contributed by atoms with van der Waals surface area (Å²) in [4.78, 5) is 26.9. The van der Waals surface area contributed by atoms with Gasteiger partial charge in [0, 0.05) is 19.6 Å². The van der Waals surface area contributed by atoms with Crippen molar-refractivity contribution < 1.29 is 9.59 Å². The first-order valence-corrected chi connectivity index (χ1v) is 7.42. The average molecular weight is 302 g/mol. The molecule has 2 aromatic rings. The van der Waals surface area contributed by atoms with Gasteiger partial charge in [-0.15, -0.1) is 0 Å². The van der Waals surface area contributed by atoms with Gasteiger partial charge >= 0.3 is 0 Å². The summed E-state index contributed by atoms with van der Waals surface area (Å²) in [5, 5.41) is 0. The van der Waals surface area contributed by atoms with Crippen molar-refractivity contribution in [2.24, 2.45) is 11.5 Å². The molecule has 0 saturated carbocycles. The molecule has 0 spiro atoms. The van der Waals surface area contributed by atoms with Gasteiger partial charge in [0.25, 0.3) is 5.91 Å². The summed E-state index contributed by atoms with van der Waals surface area (Å²) in [5.74, 6) is -1.28. The van der Waals surface area contributed by atoms with Crippen LogP contribution in [0.1, 0.15) is 20.7 Å². The Morgan fingerprint density at radius 2 is 1.45 bits per heavy atom. The molecular weight excluding hydrogens is 292 g/mol. The number of primary amides is 2. The fourth-order valence-electron chi connectivity index (χ4n) is 2.04. The Labute approximate surface area is 123 Å². The molecule has 1 aliphatic heterocycles. The Bertz CT molecular complexity index is 744. The van der Waals surface area contributed by atoms with E-state index in [1.54, 1.807) is 23.9 Å². The summed E-state index contributed by atoms with van der Waals surface area (Å²) in [6.07, 6.45) is 0. The number of hydrogen-bond donors (Lipinski definition) is 2. The lowest BCUT2D eigenvalue weighted by Gasteiger charge is -2.21. The van der Waals surface area contributed by atoms with Crippen LogP contribution in [0.5, 0.6) is 0 Å². The smallest absolute Gasteiger partial charge is 0.250 e. The van der Waals surface area contributed by atoms with Gasteiger partial charge in [0.15, 0.2) is 0 Å². The van der Waals surface area contributed by atoms with Crippen LogP contribution in [0.25, 0.3) is 0 Å². The molecule has 100 valence electrons. The van der Waals surface area contributed by atoms with E-state index < -0.39 is 11.8 Å². The summed E-state index contributed by atoms with van der Waals surface area (Å²) in [7, 11) is 0. The number of carbonyl (C=O) groups is 2. The zero-order chi connectivity index (χ0) is 14.3. The van der Waals surface area contributed by atoms with E-state index in [9.17, 15) is 9.59 Å². The number of hydrogen-bond acceptors (Lipinski definition) is 4. The normalized spacial score (nSPS) is 12.4. The molecule has 0 bridgehead atoms. The van der Waals surface area contributed by atoms with E-state index in [-0.39, 0.29) is 11.1 Å². The van der Waals surface area contributed by atoms with Crippen molar-refractivity contribution in [1.82, 2.24) is 0 Å². The third kappa shape index (κ3) is 2.07. The number of fused-ring (bicyclic) bond motifs is 2. The van der Waals surface area contributed by atoms with Crippen LogP contribution in [0, 0.1) is 0 Å². The van der Waals surface area contributed by atoms with Crippen molar-refractivity contribution in [3.63, 3.8) is 0 Å².